The summed E-state index contributed by atoms with van der Waals surface area (Å²) in [6.45, 7) is 8.92. The van der Waals surface area contributed by atoms with E-state index in [1.807, 2.05) is 12.4 Å². The van der Waals surface area contributed by atoms with E-state index in [4.69, 9.17) is 5.73 Å². The molecule has 0 radical (unpaired) electrons. The van der Waals surface area contributed by atoms with Crippen molar-refractivity contribution < 1.29 is 0 Å². The van der Waals surface area contributed by atoms with E-state index in [9.17, 15) is 0 Å². The summed E-state index contributed by atoms with van der Waals surface area (Å²) in [5.74, 6) is 0.614. The highest BCUT2D eigenvalue weighted by Crippen LogP contribution is 2.27. The van der Waals surface area contributed by atoms with Gasteiger partial charge in [0.1, 0.15) is 0 Å². The first-order chi connectivity index (χ1) is 8.49. The predicted molar refractivity (Wildman–Crippen MR) is 77.3 cm³/mol. The van der Waals surface area contributed by atoms with E-state index in [0.29, 0.717) is 12.0 Å². The van der Waals surface area contributed by atoms with E-state index in [2.05, 4.69) is 56.8 Å². The Kier molecular flexibility index (Phi) is 5.76. The largest absolute Gasteiger partial charge is 0.326 e. The van der Waals surface area contributed by atoms with Crippen molar-refractivity contribution in [3.8, 4) is 0 Å². The van der Waals surface area contributed by atoms with Gasteiger partial charge in [0.05, 0.1) is 0 Å². The topological polar surface area (TPSA) is 42.1 Å². The number of nitrogens with two attached hydrogens (primary N) is 1. The second-order valence-corrected chi connectivity index (χ2v) is 5.45. The molecule has 3 unspecified atom stereocenters. The van der Waals surface area contributed by atoms with Gasteiger partial charge >= 0.3 is 0 Å². The molecular formula is C15H27N3. The van der Waals surface area contributed by atoms with Gasteiger partial charge in [0.2, 0.25) is 0 Å². The average molecular weight is 249 g/mol. The highest BCUT2D eigenvalue weighted by atomic mass is 15.2. The number of aromatic nitrogens is 1. The number of nitrogens with zero attached hydrogens (tertiary/aromatic N) is 2. The minimum atomic E-state index is 0.151. The Balaban J connectivity index is 2.99. The molecule has 18 heavy (non-hydrogen) atoms. The van der Waals surface area contributed by atoms with Gasteiger partial charge in [0.15, 0.2) is 0 Å². The molecule has 1 aromatic heterocycles. The fourth-order valence-corrected chi connectivity index (χ4v) is 2.29. The molecule has 0 saturated carbocycles. The molecule has 0 aromatic carbocycles. The van der Waals surface area contributed by atoms with Crippen LogP contribution in [0.2, 0.25) is 0 Å². The summed E-state index contributed by atoms with van der Waals surface area (Å²) in [4.78, 5) is 6.49. The normalized spacial score (nSPS) is 16.9. The van der Waals surface area contributed by atoms with Crippen LogP contribution in [0.5, 0.6) is 0 Å². The summed E-state index contributed by atoms with van der Waals surface area (Å²) in [5.41, 5.74) is 7.58. The molecule has 0 aliphatic rings. The van der Waals surface area contributed by atoms with Gasteiger partial charge in [-0.3, -0.25) is 9.88 Å². The van der Waals surface area contributed by atoms with Crippen molar-refractivity contribution in [2.45, 2.75) is 52.2 Å². The summed E-state index contributed by atoms with van der Waals surface area (Å²) < 4.78 is 0. The third kappa shape index (κ3) is 3.53. The third-order valence-electron chi connectivity index (χ3n) is 3.97. The molecule has 0 amide bonds. The molecule has 0 fully saturated rings. The van der Waals surface area contributed by atoms with Gasteiger partial charge in [0.25, 0.3) is 0 Å². The molecule has 0 aliphatic heterocycles. The molecule has 3 atom stereocenters. The van der Waals surface area contributed by atoms with Crippen molar-refractivity contribution >= 4 is 0 Å². The standard InChI is InChI=1S/C15H27N3/c1-6-14(16)15(13-7-9-17-10-8-13)18(5)12(4)11(2)3/h7-12,14-15H,6,16H2,1-5H3. The quantitative estimate of drug-likeness (QED) is 0.843. The van der Waals surface area contributed by atoms with Crippen LogP contribution >= 0.6 is 0 Å². The van der Waals surface area contributed by atoms with Crippen LogP contribution in [0, 0.1) is 5.92 Å². The molecular weight excluding hydrogens is 222 g/mol. The number of pyridine rings is 1. The van der Waals surface area contributed by atoms with Crippen LogP contribution in [0.1, 0.15) is 45.7 Å². The van der Waals surface area contributed by atoms with E-state index in [1.165, 1.54) is 5.56 Å². The third-order valence-corrected chi connectivity index (χ3v) is 3.97. The highest BCUT2D eigenvalue weighted by molar-refractivity contribution is 5.17. The summed E-state index contributed by atoms with van der Waals surface area (Å²) in [6, 6.07) is 5.06. The van der Waals surface area contributed by atoms with Crippen molar-refractivity contribution in [1.29, 1.82) is 0 Å². The smallest absolute Gasteiger partial charge is 0.0500 e. The van der Waals surface area contributed by atoms with Gasteiger partial charge in [-0.2, -0.15) is 0 Å². The molecule has 102 valence electrons. The van der Waals surface area contributed by atoms with Crippen molar-refractivity contribution in [3.05, 3.63) is 30.1 Å². The second-order valence-electron chi connectivity index (χ2n) is 5.45. The molecule has 0 saturated heterocycles. The van der Waals surface area contributed by atoms with Crippen LogP contribution in [-0.4, -0.2) is 29.0 Å². The van der Waals surface area contributed by atoms with Gasteiger partial charge in [-0.25, -0.2) is 0 Å². The Morgan fingerprint density at radius 2 is 1.78 bits per heavy atom. The van der Waals surface area contributed by atoms with Crippen molar-refractivity contribution in [3.63, 3.8) is 0 Å². The van der Waals surface area contributed by atoms with E-state index in [0.717, 1.165) is 6.42 Å². The van der Waals surface area contributed by atoms with Crippen LogP contribution < -0.4 is 5.73 Å². The lowest BCUT2D eigenvalue weighted by Crippen LogP contribution is -2.44. The maximum absolute atomic E-state index is 6.33. The van der Waals surface area contributed by atoms with Crippen LogP contribution in [0.15, 0.2) is 24.5 Å². The zero-order valence-electron chi connectivity index (χ0n) is 12.3. The summed E-state index contributed by atoms with van der Waals surface area (Å²) in [5, 5.41) is 0. The minimum absolute atomic E-state index is 0.151. The molecule has 0 spiro atoms. The Hall–Kier alpha value is -0.930. The average Bonchev–Trinajstić information content (AvgIpc) is 2.38. The van der Waals surface area contributed by atoms with E-state index in [-0.39, 0.29) is 12.1 Å². The van der Waals surface area contributed by atoms with Gasteiger partial charge in [-0.15, -0.1) is 0 Å². The lowest BCUT2D eigenvalue weighted by Gasteiger charge is -2.38. The van der Waals surface area contributed by atoms with Crippen LogP contribution in [-0.2, 0) is 0 Å². The van der Waals surface area contributed by atoms with Gasteiger partial charge in [-0.05, 0) is 44.0 Å². The first-order valence-electron chi connectivity index (χ1n) is 6.86. The fourth-order valence-electron chi connectivity index (χ4n) is 2.29. The maximum Gasteiger partial charge on any atom is 0.0500 e. The summed E-state index contributed by atoms with van der Waals surface area (Å²) in [6.07, 6.45) is 4.67. The Morgan fingerprint density at radius 3 is 2.22 bits per heavy atom. The molecule has 3 heteroatoms. The lowest BCUT2D eigenvalue weighted by atomic mass is 9.94. The number of hydrogen-bond acceptors (Lipinski definition) is 3. The van der Waals surface area contributed by atoms with Crippen molar-refractivity contribution in [1.82, 2.24) is 9.88 Å². The summed E-state index contributed by atoms with van der Waals surface area (Å²) >= 11 is 0. The van der Waals surface area contributed by atoms with Crippen LogP contribution in [0.4, 0.5) is 0 Å². The van der Waals surface area contributed by atoms with E-state index in [1.54, 1.807) is 0 Å². The Morgan fingerprint density at radius 1 is 1.22 bits per heavy atom. The van der Waals surface area contributed by atoms with Crippen LogP contribution in [0.3, 0.4) is 0 Å². The van der Waals surface area contributed by atoms with E-state index >= 15 is 0 Å². The highest BCUT2D eigenvalue weighted by Gasteiger charge is 2.27. The minimum Gasteiger partial charge on any atom is -0.326 e. The van der Waals surface area contributed by atoms with Gasteiger partial charge in [-0.1, -0.05) is 20.8 Å². The fraction of sp³-hybridized carbons (Fsp3) is 0.667. The molecule has 2 N–H and O–H groups in total. The molecule has 0 aliphatic carbocycles. The SMILES string of the molecule is CCC(N)C(c1ccncc1)N(C)C(C)C(C)C. The first-order valence-corrected chi connectivity index (χ1v) is 6.86. The number of rotatable bonds is 6. The van der Waals surface area contributed by atoms with Crippen molar-refractivity contribution in [2.75, 3.05) is 7.05 Å². The zero-order valence-corrected chi connectivity index (χ0v) is 12.3. The predicted octanol–water partition coefficient (Wildman–Crippen LogP) is 2.84. The monoisotopic (exact) mass is 249 g/mol. The Labute approximate surface area is 111 Å². The summed E-state index contributed by atoms with van der Waals surface area (Å²) in [7, 11) is 2.17. The second kappa shape index (κ2) is 6.86. The molecule has 1 rings (SSSR count). The van der Waals surface area contributed by atoms with Gasteiger partial charge in [0, 0.05) is 30.5 Å². The molecule has 3 nitrogen and oxygen atoms in total. The first kappa shape index (κ1) is 15.1. The zero-order chi connectivity index (χ0) is 13.7. The molecule has 1 aromatic rings. The van der Waals surface area contributed by atoms with E-state index < -0.39 is 0 Å². The Bertz CT molecular complexity index is 337. The molecule has 1 heterocycles. The van der Waals surface area contributed by atoms with Crippen LogP contribution in [0.25, 0.3) is 0 Å². The molecule has 0 bridgehead atoms. The number of hydrogen-bond donors (Lipinski definition) is 1. The lowest BCUT2D eigenvalue weighted by molar-refractivity contribution is 0.127. The number of likely N-dealkylation sites (N-methyl/N-ethyl adjacent to an activating group) is 1. The van der Waals surface area contributed by atoms with Gasteiger partial charge < -0.3 is 5.73 Å². The maximum atomic E-state index is 6.33. The van der Waals surface area contributed by atoms with Crippen molar-refractivity contribution in [2.24, 2.45) is 11.7 Å².